The molecule has 1 fully saturated rings. The van der Waals surface area contributed by atoms with Crippen LogP contribution in [0.5, 0.6) is 5.75 Å². The third kappa shape index (κ3) is 5.11. The second-order valence-corrected chi connectivity index (χ2v) is 8.81. The van der Waals surface area contributed by atoms with Crippen LogP contribution < -0.4 is 10.2 Å². The molecule has 1 aromatic rings. The Bertz CT molecular complexity index is 560. The molecule has 22 heavy (non-hydrogen) atoms. The van der Waals surface area contributed by atoms with Crippen molar-refractivity contribution in [3.05, 3.63) is 28.8 Å². The molecule has 2 rings (SSSR count). The second-order valence-electron chi connectivity index (χ2n) is 4.92. The first kappa shape index (κ1) is 17.5. The van der Waals surface area contributed by atoms with Gasteiger partial charge in [0.2, 0.25) is 5.91 Å². The number of carbonyl (C=O) groups is 1. The topological polar surface area (TPSA) is 50.7 Å². The van der Waals surface area contributed by atoms with Gasteiger partial charge >= 0.3 is 0 Å². The molecule has 0 saturated carbocycles. The third-order valence-corrected chi connectivity index (χ3v) is 6.57. The monoisotopic (exact) mass is 358 g/mol. The lowest BCUT2D eigenvalue weighted by atomic mass is 10.2. The molecule has 1 aliphatic rings. The minimum Gasteiger partial charge on any atom is -0.493 e. The molecular weight excluding hydrogens is 340 g/mol. The lowest BCUT2D eigenvalue weighted by molar-refractivity contribution is -0.121. The van der Waals surface area contributed by atoms with E-state index in [0.29, 0.717) is 23.8 Å². The van der Waals surface area contributed by atoms with Crippen molar-refractivity contribution in [2.75, 3.05) is 18.1 Å². The Morgan fingerprint density at radius 2 is 2.23 bits per heavy atom. The SMILES string of the molecule is CCOc1ccc(Cl)cc1/C=N/NC(=O)CC1(C)SCCS1. The molecule has 0 spiro atoms. The van der Waals surface area contributed by atoms with Gasteiger partial charge in [-0.15, -0.1) is 23.5 Å². The Balaban J connectivity index is 1.94. The number of amides is 1. The number of ether oxygens (including phenoxy) is 1. The Hall–Kier alpha value is -0.850. The zero-order valence-corrected chi connectivity index (χ0v) is 15.0. The molecule has 7 heteroatoms. The Morgan fingerprint density at radius 1 is 1.50 bits per heavy atom. The van der Waals surface area contributed by atoms with E-state index < -0.39 is 0 Å². The van der Waals surface area contributed by atoms with Gasteiger partial charge in [0.05, 0.1) is 23.3 Å². The van der Waals surface area contributed by atoms with Crippen molar-refractivity contribution in [3.63, 3.8) is 0 Å². The summed E-state index contributed by atoms with van der Waals surface area (Å²) >= 11 is 9.63. The maximum absolute atomic E-state index is 12.0. The van der Waals surface area contributed by atoms with Crippen LogP contribution in [0.2, 0.25) is 5.02 Å². The van der Waals surface area contributed by atoms with Crippen molar-refractivity contribution in [1.29, 1.82) is 0 Å². The van der Waals surface area contributed by atoms with Gasteiger partial charge in [0.25, 0.3) is 0 Å². The van der Waals surface area contributed by atoms with Crippen LogP contribution in [0.15, 0.2) is 23.3 Å². The molecule has 1 heterocycles. The molecule has 4 nitrogen and oxygen atoms in total. The molecule has 0 aromatic heterocycles. The summed E-state index contributed by atoms with van der Waals surface area (Å²) in [6, 6.07) is 5.31. The lowest BCUT2D eigenvalue weighted by Crippen LogP contribution is -2.26. The van der Waals surface area contributed by atoms with E-state index in [1.54, 1.807) is 24.4 Å². The van der Waals surface area contributed by atoms with Crippen LogP contribution in [0.25, 0.3) is 0 Å². The van der Waals surface area contributed by atoms with Gasteiger partial charge in [0.1, 0.15) is 5.75 Å². The minimum absolute atomic E-state index is 0.0356. The highest BCUT2D eigenvalue weighted by molar-refractivity contribution is 8.21. The van der Waals surface area contributed by atoms with Crippen LogP contribution in [0.4, 0.5) is 0 Å². The van der Waals surface area contributed by atoms with E-state index in [9.17, 15) is 4.79 Å². The van der Waals surface area contributed by atoms with Crippen molar-refractivity contribution in [3.8, 4) is 5.75 Å². The molecule has 1 amide bonds. The van der Waals surface area contributed by atoms with Crippen molar-refractivity contribution in [2.24, 2.45) is 5.10 Å². The number of benzene rings is 1. The van der Waals surface area contributed by atoms with Crippen molar-refractivity contribution in [1.82, 2.24) is 5.43 Å². The summed E-state index contributed by atoms with van der Waals surface area (Å²) in [6.45, 7) is 4.57. The number of carbonyl (C=O) groups excluding carboxylic acids is 1. The number of halogens is 1. The van der Waals surface area contributed by atoms with Crippen LogP contribution in [-0.2, 0) is 4.79 Å². The van der Waals surface area contributed by atoms with E-state index in [2.05, 4.69) is 17.5 Å². The van der Waals surface area contributed by atoms with E-state index in [-0.39, 0.29) is 9.99 Å². The summed E-state index contributed by atoms with van der Waals surface area (Å²) in [5, 5.41) is 4.62. The van der Waals surface area contributed by atoms with Crippen molar-refractivity contribution >= 4 is 47.2 Å². The average molecular weight is 359 g/mol. The molecule has 1 aromatic carbocycles. The smallest absolute Gasteiger partial charge is 0.242 e. The third-order valence-electron chi connectivity index (χ3n) is 3.04. The summed E-state index contributed by atoms with van der Waals surface area (Å²) in [5.74, 6) is 2.80. The summed E-state index contributed by atoms with van der Waals surface area (Å²) < 4.78 is 5.47. The number of hydrogen-bond acceptors (Lipinski definition) is 5. The van der Waals surface area contributed by atoms with Gasteiger partial charge < -0.3 is 4.74 Å². The first-order valence-electron chi connectivity index (χ1n) is 7.04. The number of rotatable bonds is 6. The minimum atomic E-state index is -0.0827. The van der Waals surface area contributed by atoms with Crippen LogP contribution in [0.3, 0.4) is 0 Å². The molecule has 120 valence electrons. The normalized spacial score (nSPS) is 16.9. The van der Waals surface area contributed by atoms with Crippen molar-refractivity contribution < 1.29 is 9.53 Å². The quantitative estimate of drug-likeness (QED) is 0.621. The van der Waals surface area contributed by atoms with Gasteiger partial charge in [-0.3, -0.25) is 4.79 Å². The first-order chi connectivity index (χ1) is 10.5. The molecular formula is C15H19ClN2O2S2. The number of hydrogen-bond donors (Lipinski definition) is 1. The van der Waals surface area contributed by atoms with E-state index >= 15 is 0 Å². The molecule has 0 atom stereocenters. The highest BCUT2D eigenvalue weighted by Crippen LogP contribution is 2.45. The first-order valence-corrected chi connectivity index (χ1v) is 9.39. The van der Waals surface area contributed by atoms with Gasteiger partial charge in [-0.2, -0.15) is 5.10 Å². The van der Waals surface area contributed by atoms with E-state index in [4.69, 9.17) is 16.3 Å². The fourth-order valence-corrected chi connectivity index (χ4v) is 5.08. The zero-order valence-electron chi connectivity index (χ0n) is 12.6. The molecule has 1 aliphatic heterocycles. The largest absolute Gasteiger partial charge is 0.493 e. The van der Waals surface area contributed by atoms with Gasteiger partial charge in [-0.25, -0.2) is 5.43 Å². The Labute approximate surface area is 144 Å². The van der Waals surface area contributed by atoms with Gasteiger partial charge in [-0.05, 0) is 32.0 Å². The maximum Gasteiger partial charge on any atom is 0.242 e. The second kappa shape index (κ2) is 8.13. The van der Waals surface area contributed by atoms with Crippen molar-refractivity contribution in [2.45, 2.75) is 24.3 Å². The summed E-state index contributed by atoms with van der Waals surface area (Å²) in [5.41, 5.74) is 3.32. The Morgan fingerprint density at radius 3 is 2.91 bits per heavy atom. The van der Waals surface area contributed by atoms with Gasteiger partial charge in [0.15, 0.2) is 0 Å². The maximum atomic E-state index is 12.0. The molecule has 0 radical (unpaired) electrons. The van der Waals surface area contributed by atoms with E-state index in [1.807, 2.05) is 30.4 Å². The fourth-order valence-electron chi connectivity index (χ4n) is 2.07. The Kier molecular flexibility index (Phi) is 6.47. The predicted octanol–water partition coefficient (Wildman–Crippen LogP) is 3.78. The molecule has 0 unspecified atom stereocenters. The van der Waals surface area contributed by atoms with E-state index in [1.165, 1.54) is 0 Å². The number of thioether (sulfide) groups is 2. The lowest BCUT2D eigenvalue weighted by Gasteiger charge is -2.19. The highest BCUT2D eigenvalue weighted by atomic mass is 35.5. The van der Waals surface area contributed by atoms with Crippen LogP contribution in [0, 0.1) is 0 Å². The van der Waals surface area contributed by atoms with Gasteiger partial charge in [0, 0.05) is 22.1 Å². The van der Waals surface area contributed by atoms with Crippen LogP contribution in [-0.4, -0.2) is 34.3 Å². The fraction of sp³-hybridized carbons (Fsp3) is 0.467. The summed E-state index contributed by atoms with van der Waals surface area (Å²) in [7, 11) is 0. The summed E-state index contributed by atoms with van der Waals surface area (Å²) in [6.07, 6.45) is 2.01. The average Bonchev–Trinajstić information content (AvgIpc) is 2.88. The zero-order chi connectivity index (χ0) is 16.0. The van der Waals surface area contributed by atoms with Crippen LogP contribution >= 0.6 is 35.1 Å². The highest BCUT2D eigenvalue weighted by Gasteiger charge is 2.32. The molecule has 1 N–H and O–H groups in total. The van der Waals surface area contributed by atoms with Crippen LogP contribution in [0.1, 0.15) is 25.8 Å². The number of hydrazone groups is 1. The predicted molar refractivity (Wildman–Crippen MR) is 96.3 cm³/mol. The molecule has 0 aliphatic carbocycles. The molecule has 1 saturated heterocycles. The van der Waals surface area contributed by atoms with Gasteiger partial charge in [-0.1, -0.05) is 11.6 Å². The number of nitrogens with one attached hydrogen (secondary N) is 1. The molecule has 0 bridgehead atoms. The summed E-state index contributed by atoms with van der Waals surface area (Å²) in [4.78, 5) is 12.0. The standard InChI is InChI=1S/C15H19ClN2O2S2/c1-3-20-13-5-4-12(16)8-11(13)10-17-18-14(19)9-15(2)21-6-7-22-15/h4-5,8,10H,3,6-7,9H2,1-2H3,(H,18,19)/b17-10+. The number of nitrogens with zero attached hydrogens (tertiary/aromatic N) is 1. The van der Waals surface area contributed by atoms with E-state index in [0.717, 1.165) is 17.1 Å².